The monoisotopic (exact) mass is 612 g/mol. The molecule has 6 amide bonds. The van der Waals surface area contributed by atoms with Crippen LogP contribution in [0.1, 0.15) is 50.9 Å². The lowest BCUT2D eigenvalue weighted by atomic mass is 9.98. The highest BCUT2D eigenvalue weighted by Crippen LogP contribution is 2.24. The lowest BCUT2D eigenvalue weighted by molar-refractivity contribution is -0.175. The number of halogens is 3. The van der Waals surface area contributed by atoms with Crippen molar-refractivity contribution in [1.82, 2.24) is 25.8 Å². The number of hydrogen-bond acceptors (Lipinski definition) is 6. The van der Waals surface area contributed by atoms with Crippen molar-refractivity contribution < 1.29 is 41.9 Å². The lowest BCUT2D eigenvalue weighted by Gasteiger charge is -2.31. The van der Waals surface area contributed by atoms with Crippen LogP contribution in [-0.2, 0) is 19.2 Å². The average Bonchev–Trinajstić information content (AvgIpc) is 3.42. The molecule has 12 nitrogen and oxygen atoms in total. The van der Waals surface area contributed by atoms with Gasteiger partial charge in [-0.3, -0.25) is 24.0 Å². The highest BCUT2D eigenvalue weighted by molar-refractivity contribution is 5.99. The van der Waals surface area contributed by atoms with Crippen LogP contribution >= 0.6 is 0 Å². The number of nitrogens with one attached hydrogen (secondary N) is 4. The van der Waals surface area contributed by atoms with Crippen LogP contribution in [0.2, 0.25) is 0 Å². The van der Waals surface area contributed by atoms with Gasteiger partial charge < -0.3 is 31.1 Å². The fourth-order valence-electron chi connectivity index (χ4n) is 4.39. The van der Waals surface area contributed by atoms with Crippen molar-refractivity contribution in [2.45, 2.75) is 64.8 Å². The topological polar surface area (TPSA) is 157 Å². The summed E-state index contributed by atoms with van der Waals surface area (Å²) >= 11 is 0. The summed E-state index contributed by atoms with van der Waals surface area (Å²) in [6.45, 7) is 6.08. The van der Waals surface area contributed by atoms with E-state index < -0.39 is 65.7 Å². The zero-order valence-electron chi connectivity index (χ0n) is 25.0. The lowest BCUT2D eigenvalue weighted by Crippen LogP contribution is -2.58. The molecule has 2 rings (SSSR count). The third kappa shape index (κ3) is 9.68. The van der Waals surface area contributed by atoms with Crippen molar-refractivity contribution in [2.75, 3.05) is 32.5 Å². The minimum Gasteiger partial charge on any atom is -0.347 e. The summed E-state index contributed by atoms with van der Waals surface area (Å²) in [5.74, 6) is -5.56. The summed E-state index contributed by atoms with van der Waals surface area (Å²) in [6, 6.07) is 1.09. The van der Waals surface area contributed by atoms with E-state index in [1.165, 1.54) is 47.9 Å². The van der Waals surface area contributed by atoms with Crippen LogP contribution in [0, 0.1) is 11.8 Å². The van der Waals surface area contributed by atoms with Gasteiger partial charge in [0.1, 0.15) is 12.1 Å². The molecule has 1 aliphatic rings. The molecule has 0 bridgehead atoms. The van der Waals surface area contributed by atoms with E-state index in [9.17, 15) is 41.9 Å². The number of amides is 6. The molecule has 1 aromatic rings. The number of benzene rings is 1. The minimum absolute atomic E-state index is 0.146. The Hall–Kier alpha value is -4.17. The smallest absolute Gasteiger partial charge is 0.347 e. The largest absolute Gasteiger partial charge is 0.452 e. The predicted octanol–water partition coefficient (Wildman–Crippen LogP) is 1.91. The molecule has 1 heterocycles. The molecule has 3 atom stereocenters. The number of hydrogen-bond donors (Lipinski definition) is 4. The Morgan fingerprint density at radius 2 is 1.51 bits per heavy atom. The van der Waals surface area contributed by atoms with Gasteiger partial charge in [-0.15, -0.1) is 0 Å². The van der Waals surface area contributed by atoms with Gasteiger partial charge in [0.05, 0.1) is 12.6 Å². The van der Waals surface area contributed by atoms with Crippen molar-refractivity contribution in [3.63, 3.8) is 0 Å². The predicted molar refractivity (Wildman–Crippen MR) is 151 cm³/mol. The molecule has 1 unspecified atom stereocenters. The van der Waals surface area contributed by atoms with Gasteiger partial charge in [0.25, 0.3) is 11.7 Å². The third-order valence-corrected chi connectivity index (χ3v) is 6.89. The number of likely N-dealkylation sites (N-methyl/N-ethyl adjacent to an activating group) is 1. The molecule has 0 aliphatic carbocycles. The van der Waals surface area contributed by atoms with E-state index >= 15 is 0 Å². The van der Waals surface area contributed by atoms with Crippen molar-refractivity contribution in [3.05, 3.63) is 29.8 Å². The van der Waals surface area contributed by atoms with Crippen LogP contribution in [0.4, 0.5) is 23.7 Å². The van der Waals surface area contributed by atoms with E-state index in [0.29, 0.717) is 12.1 Å². The van der Waals surface area contributed by atoms with Crippen LogP contribution in [0.5, 0.6) is 0 Å². The summed E-state index contributed by atoms with van der Waals surface area (Å²) in [7, 11) is 3.12. The van der Waals surface area contributed by atoms with Gasteiger partial charge in [-0.2, -0.15) is 13.2 Å². The molecular formula is C28H39F3N6O6. The second kappa shape index (κ2) is 14.8. The van der Waals surface area contributed by atoms with E-state index in [2.05, 4.69) is 21.3 Å². The molecule has 4 N–H and O–H groups in total. The summed E-state index contributed by atoms with van der Waals surface area (Å²) in [6.07, 6.45) is -4.54. The molecule has 238 valence electrons. The van der Waals surface area contributed by atoms with E-state index in [4.69, 9.17) is 0 Å². The molecule has 1 aromatic carbocycles. The van der Waals surface area contributed by atoms with E-state index in [1.54, 1.807) is 27.9 Å². The van der Waals surface area contributed by atoms with Gasteiger partial charge in [-0.1, -0.05) is 27.7 Å². The molecule has 15 heteroatoms. The SMILES string of the molecule is CC(C)C(NC(=O)[C@@H]1CCCN1C(=O)[C@@H](NC(=O)Nc1ccc(C(=O)NCC(=O)N(C)C)cc1)C(C)C)C(=O)C(F)(F)F. The Kier molecular flexibility index (Phi) is 12.1. The molecule has 0 spiro atoms. The van der Waals surface area contributed by atoms with Gasteiger partial charge in [0.2, 0.25) is 17.7 Å². The first kappa shape index (κ1) is 35.0. The quantitative estimate of drug-likeness (QED) is 0.299. The van der Waals surface area contributed by atoms with E-state index in [1.807, 2.05) is 0 Å². The van der Waals surface area contributed by atoms with Gasteiger partial charge in [-0.25, -0.2) is 4.79 Å². The van der Waals surface area contributed by atoms with Crippen LogP contribution in [0.25, 0.3) is 0 Å². The maximum Gasteiger partial charge on any atom is 0.452 e. The highest BCUT2D eigenvalue weighted by Gasteiger charge is 2.46. The number of anilines is 1. The minimum atomic E-state index is -5.13. The number of nitrogens with zero attached hydrogens (tertiary/aromatic N) is 2. The van der Waals surface area contributed by atoms with Gasteiger partial charge in [0, 0.05) is 31.9 Å². The van der Waals surface area contributed by atoms with Crippen molar-refractivity contribution in [1.29, 1.82) is 0 Å². The van der Waals surface area contributed by atoms with Crippen molar-refractivity contribution in [2.24, 2.45) is 11.8 Å². The third-order valence-electron chi connectivity index (χ3n) is 6.89. The Bertz CT molecular complexity index is 1200. The molecule has 1 saturated heterocycles. The van der Waals surface area contributed by atoms with E-state index in [-0.39, 0.29) is 31.0 Å². The number of likely N-dealkylation sites (tertiary alicyclic amines) is 1. The summed E-state index contributed by atoms with van der Waals surface area (Å²) in [5, 5.41) is 9.81. The van der Waals surface area contributed by atoms with Crippen LogP contribution in [0.15, 0.2) is 24.3 Å². The second-order valence-electron chi connectivity index (χ2n) is 11.2. The first-order valence-corrected chi connectivity index (χ1v) is 13.8. The summed E-state index contributed by atoms with van der Waals surface area (Å²) < 4.78 is 39.2. The number of urea groups is 1. The van der Waals surface area contributed by atoms with Crippen LogP contribution in [0.3, 0.4) is 0 Å². The summed E-state index contributed by atoms with van der Waals surface area (Å²) in [4.78, 5) is 77.5. The first-order chi connectivity index (χ1) is 19.9. The Morgan fingerprint density at radius 3 is 2.02 bits per heavy atom. The number of alkyl halides is 3. The Labute approximate surface area is 248 Å². The molecule has 1 aliphatic heterocycles. The van der Waals surface area contributed by atoms with Gasteiger partial charge >= 0.3 is 12.2 Å². The average molecular weight is 613 g/mol. The second-order valence-corrected chi connectivity index (χ2v) is 11.2. The molecule has 0 radical (unpaired) electrons. The fraction of sp³-hybridized carbons (Fsp3) is 0.571. The highest BCUT2D eigenvalue weighted by atomic mass is 19.4. The maximum absolute atomic E-state index is 13.5. The number of rotatable bonds is 11. The first-order valence-electron chi connectivity index (χ1n) is 13.8. The fourth-order valence-corrected chi connectivity index (χ4v) is 4.39. The molecule has 0 saturated carbocycles. The normalized spacial score (nSPS) is 16.3. The van der Waals surface area contributed by atoms with Crippen molar-refractivity contribution >= 4 is 41.1 Å². The van der Waals surface area contributed by atoms with Gasteiger partial charge in [-0.05, 0) is 48.9 Å². The Balaban J connectivity index is 2.06. The molecule has 1 fully saturated rings. The Morgan fingerprint density at radius 1 is 0.930 bits per heavy atom. The van der Waals surface area contributed by atoms with E-state index in [0.717, 1.165) is 0 Å². The molecule has 43 heavy (non-hydrogen) atoms. The molecule has 0 aromatic heterocycles. The number of carbonyl (C=O) groups excluding carboxylic acids is 6. The number of ketones is 1. The molecular weight excluding hydrogens is 573 g/mol. The van der Waals surface area contributed by atoms with Crippen molar-refractivity contribution in [3.8, 4) is 0 Å². The zero-order valence-corrected chi connectivity index (χ0v) is 25.0. The number of Topliss-reactive ketones (excluding diaryl/α,β-unsaturated/α-hetero) is 1. The van der Waals surface area contributed by atoms with Crippen LogP contribution in [-0.4, -0.2) is 96.7 Å². The van der Waals surface area contributed by atoms with Gasteiger partial charge in [0.15, 0.2) is 0 Å². The summed E-state index contributed by atoms with van der Waals surface area (Å²) in [5.41, 5.74) is 0.559. The van der Waals surface area contributed by atoms with Crippen LogP contribution < -0.4 is 21.3 Å². The standard InChI is InChI=1S/C28H39F3N6O6/c1-15(2)21(23(39)28(29,30)31)34-25(41)19-8-7-13-37(19)26(42)22(16(3)4)35-27(43)33-18-11-9-17(10-12-18)24(40)32-14-20(38)36(5)6/h9-12,15-16,19,21-22H,7-8,13-14H2,1-6H3,(H,32,40)(H,34,41)(H2,33,35,43)/t19-,21?,22-/m0/s1. The number of carbonyl (C=O) groups is 6. The zero-order chi connectivity index (χ0) is 32.6. The maximum atomic E-state index is 13.5.